The maximum absolute atomic E-state index is 11.5. The van der Waals surface area contributed by atoms with E-state index < -0.39 is 12.0 Å². The van der Waals surface area contributed by atoms with Gasteiger partial charge < -0.3 is 15.1 Å². The average Bonchev–Trinajstić information content (AvgIpc) is 2.49. The Labute approximate surface area is 117 Å². The number of nitrogens with zero attached hydrogens (tertiary/aromatic N) is 1. The van der Waals surface area contributed by atoms with Crippen molar-refractivity contribution in [3.05, 3.63) is 66.2 Å². The van der Waals surface area contributed by atoms with Crippen molar-refractivity contribution < 1.29 is 15.0 Å². The number of benzene rings is 2. The van der Waals surface area contributed by atoms with Crippen LogP contribution < -0.4 is 4.90 Å². The minimum absolute atomic E-state index is 0.339. The van der Waals surface area contributed by atoms with Gasteiger partial charge in [0.1, 0.15) is 12.8 Å². The Morgan fingerprint density at radius 1 is 1.00 bits per heavy atom. The Kier molecular flexibility index (Phi) is 4.74. The van der Waals surface area contributed by atoms with Gasteiger partial charge in [-0.2, -0.15) is 0 Å². The molecule has 0 saturated carbocycles. The molecule has 0 unspecified atom stereocenters. The predicted octanol–water partition coefficient (Wildman–Crippen LogP) is 2.14. The van der Waals surface area contributed by atoms with Crippen LogP contribution in [0.5, 0.6) is 0 Å². The van der Waals surface area contributed by atoms with E-state index >= 15 is 0 Å². The number of aliphatic hydroxyl groups excluding tert-OH is 1. The van der Waals surface area contributed by atoms with E-state index in [0.29, 0.717) is 12.1 Å². The van der Waals surface area contributed by atoms with Gasteiger partial charge in [0.05, 0.1) is 0 Å². The summed E-state index contributed by atoms with van der Waals surface area (Å²) in [6, 6.07) is 17.7. The molecule has 0 spiro atoms. The Morgan fingerprint density at radius 3 is 2.05 bits per heavy atom. The van der Waals surface area contributed by atoms with Gasteiger partial charge in [-0.05, 0) is 17.7 Å². The smallest absolute Gasteiger partial charge is 0.326 e. The van der Waals surface area contributed by atoms with Crippen LogP contribution in [-0.2, 0) is 11.2 Å². The van der Waals surface area contributed by atoms with Gasteiger partial charge in [-0.3, -0.25) is 0 Å². The van der Waals surface area contributed by atoms with Crippen molar-refractivity contribution >= 4 is 11.7 Å². The summed E-state index contributed by atoms with van der Waals surface area (Å²) in [4.78, 5) is 13.0. The van der Waals surface area contributed by atoms with Crippen LogP contribution in [-0.4, -0.2) is 29.0 Å². The quantitative estimate of drug-likeness (QED) is 0.790. The van der Waals surface area contributed by atoms with Crippen LogP contribution in [0.1, 0.15) is 5.56 Å². The van der Waals surface area contributed by atoms with E-state index in [4.69, 9.17) is 0 Å². The van der Waals surface area contributed by atoms with Gasteiger partial charge in [-0.1, -0.05) is 48.5 Å². The molecule has 104 valence electrons. The van der Waals surface area contributed by atoms with Crippen LogP contribution in [0.3, 0.4) is 0 Å². The molecule has 0 radical (unpaired) electrons. The third-order valence-corrected chi connectivity index (χ3v) is 3.17. The van der Waals surface area contributed by atoms with E-state index in [9.17, 15) is 15.0 Å². The molecule has 0 fully saturated rings. The van der Waals surface area contributed by atoms with Crippen LogP contribution >= 0.6 is 0 Å². The van der Waals surface area contributed by atoms with Gasteiger partial charge in [-0.15, -0.1) is 0 Å². The normalized spacial score (nSPS) is 11.8. The van der Waals surface area contributed by atoms with Gasteiger partial charge in [0.15, 0.2) is 0 Å². The van der Waals surface area contributed by atoms with Crippen LogP contribution in [0.25, 0.3) is 0 Å². The fourth-order valence-electron chi connectivity index (χ4n) is 2.15. The number of hydrogen-bond acceptors (Lipinski definition) is 3. The molecule has 0 bridgehead atoms. The van der Waals surface area contributed by atoms with Crippen LogP contribution in [0.15, 0.2) is 60.7 Å². The lowest BCUT2D eigenvalue weighted by molar-refractivity contribution is -0.138. The molecule has 1 atom stereocenters. The molecule has 0 aliphatic rings. The molecular weight excluding hydrogens is 254 g/mol. The van der Waals surface area contributed by atoms with Crippen molar-refractivity contribution in [2.45, 2.75) is 12.5 Å². The molecule has 0 aliphatic carbocycles. The molecule has 0 aliphatic heterocycles. The first-order valence-corrected chi connectivity index (χ1v) is 6.41. The lowest BCUT2D eigenvalue weighted by atomic mass is 10.0. The third-order valence-electron chi connectivity index (χ3n) is 3.17. The van der Waals surface area contributed by atoms with Crippen molar-refractivity contribution in [3.8, 4) is 0 Å². The van der Waals surface area contributed by atoms with Gasteiger partial charge in [-0.25, -0.2) is 4.79 Å². The lowest BCUT2D eigenvalue weighted by Crippen LogP contribution is -2.43. The zero-order valence-corrected chi connectivity index (χ0v) is 11.0. The Hall–Kier alpha value is -2.33. The van der Waals surface area contributed by atoms with E-state index in [1.54, 1.807) is 12.1 Å². The Morgan fingerprint density at radius 2 is 1.55 bits per heavy atom. The summed E-state index contributed by atoms with van der Waals surface area (Å²) in [6.45, 7) is -0.339. The number of carbonyl (C=O) groups is 1. The number of carboxylic acids is 1. The van der Waals surface area contributed by atoms with Gasteiger partial charge in [0.25, 0.3) is 0 Å². The first kappa shape index (κ1) is 14.1. The monoisotopic (exact) mass is 271 g/mol. The highest BCUT2D eigenvalue weighted by Crippen LogP contribution is 2.18. The molecule has 0 amide bonds. The van der Waals surface area contributed by atoms with E-state index in [2.05, 4.69) is 0 Å². The van der Waals surface area contributed by atoms with Crippen molar-refractivity contribution in [2.24, 2.45) is 0 Å². The van der Waals surface area contributed by atoms with E-state index in [1.165, 1.54) is 4.90 Å². The molecule has 2 aromatic rings. The SMILES string of the molecule is O=C(O)[C@H](Cc1ccccc1)N(CO)c1ccccc1. The van der Waals surface area contributed by atoms with Crippen LogP contribution in [0.2, 0.25) is 0 Å². The molecule has 0 aromatic heterocycles. The first-order chi connectivity index (χ1) is 9.72. The molecule has 0 saturated heterocycles. The van der Waals surface area contributed by atoms with Crippen molar-refractivity contribution in [1.82, 2.24) is 0 Å². The number of para-hydroxylation sites is 1. The molecule has 0 heterocycles. The predicted molar refractivity (Wildman–Crippen MR) is 77.6 cm³/mol. The van der Waals surface area contributed by atoms with Crippen LogP contribution in [0, 0.1) is 0 Å². The topological polar surface area (TPSA) is 60.8 Å². The van der Waals surface area contributed by atoms with Crippen molar-refractivity contribution in [3.63, 3.8) is 0 Å². The maximum Gasteiger partial charge on any atom is 0.326 e. The number of aliphatic carboxylic acids is 1. The summed E-state index contributed by atoms with van der Waals surface area (Å²) in [5.41, 5.74) is 1.62. The number of hydrogen-bond donors (Lipinski definition) is 2. The van der Waals surface area contributed by atoms with E-state index in [-0.39, 0.29) is 6.73 Å². The summed E-state index contributed by atoms with van der Waals surface area (Å²) in [6.07, 6.45) is 0.339. The molecule has 2 N–H and O–H groups in total. The van der Waals surface area contributed by atoms with Gasteiger partial charge in [0, 0.05) is 12.1 Å². The molecule has 2 rings (SSSR count). The summed E-state index contributed by atoms with van der Waals surface area (Å²) in [5, 5.41) is 19.0. The molecule has 20 heavy (non-hydrogen) atoms. The fourth-order valence-corrected chi connectivity index (χ4v) is 2.15. The number of rotatable bonds is 6. The summed E-state index contributed by atoms with van der Waals surface area (Å²) >= 11 is 0. The highest BCUT2D eigenvalue weighted by atomic mass is 16.4. The highest BCUT2D eigenvalue weighted by Gasteiger charge is 2.25. The molecule has 4 nitrogen and oxygen atoms in total. The second kappa shape index (κ2) is 6.73. The number of anilines is 1. The molecule has 4 heteroatoms. The standard InChI is InChI=1S/C16H17NO3/c18-12-17(14-9-5-2-6-10-14)15(16(19)20)11-13-7-3-1-4-8-13/h1-10,15,18H,11-12H2,(H,19,20)/t15-/m0/s1. The van der Waals surface area contributed by atoms with Crippen LogP contribution in [0.4, 0.5) is 5.69 Å². The summed E-state index contributed by atoms with van der Waals surface area (Å²) < 4.78 is 0. The van der Waals surface area contributed by atoms with E-state index in [1.807, 2.05) is 48.5 Å². The maximum atomic E-state index is 11.5. The zero-order chi connectivity index (χ0) is 14.4. The lowest BCUT2D eigenvalue weighted by Gasteiger charge is -2.29. The molecular formula is C16H17NO3. The fraction of sp³-hybridized carbons (Fsp3) is 0.188. The average molecular weight is 271 g/mol. The first-order valence-electron chi connectivity index (χ1n) is 6.41. The Balaban J connectivity index is 2.25. The van der Waals surface area contributed by atoms with E-state index in [0.717, 1.165) is 5.56 Å². The Bertz CT molecular complexity index is 542. The second-order valence-corrected chi connectivity index (χ2v) is 4.49. The third kappa shape index (κ3) is 3.36. The van der Waals surface area contributed by atoms with Gasteiger partial charge in [0.2, 0.25) is 0 Å². The minimum Gasteiger partial charge on any atom is -0.480 e. The largest absolute Gasteiger partial charge is 0.480 e. The second-order valence-electron chi connectivity index (χ2n) is 4.49. The molecule has 2 aromatic carbocycles. The van der Waals surface area contributed by atoms with Crippen molar-refractivity contribution in [1.29, 1.82) is 0 Å². The summed E-state index contributed by atoms with van der Waals surface area (Å²) in [5.74, 6) is -0.952. The minimum atomic E-state index is -0.952. The zero-order valence-electron chi connectivity index (χ0n) is 11.0. The van der Waals surface area contributed by atoms with Gasteiger partial charge >= 0.3 is 5.97 Å². The number of carboxylic acid groups (broad SMARTS) is 1. The highest BCUT2D eigenvalue weighted by molar-refractivity contribution is 5.78. The summed E-state index contributed by atoms with van der Waals surface area (Å²) in [7, 11) is 0. The van der Waals surface area contributed by atoms with Crippen molar-refractivity contribution in [2.75, 3.05) is 11.6 Å². The number of aliphatic hydroxyl groups is 1.